The molecule has 0 aromatic rings. The Balaban J connectivity index is 3.73. The zero-order valence-electron chi connectivity index (χ0n) is 2.47. The second-order valence-corrected chi connectivity index (χ2v) is 43.9. The molecule has 0 atom stereocenters. The SMILES string of the molecule is [Cl][Y]([Cl])([Cl])([Cl])[Cl]. The van der Waals surface area contributed by atoms with Crippen molar-refractivity contribution in [2.24, 2.45) is 0 Å². The standard InChI is InChI=1S/5ClH.Y/h5*1H;/q;;;;;+5/p-5. The molecule has 0 aromatic heterocycles. The van der Waals surface area contributed by atoms with Gasteiger partial charge in [0.15, 0.2) is 0 Å². The maximum absolute atomic E-state index is 5.06. The van der Waals surface area contributed by atoms with Crippen LogP contribution >= 0.6 is 36.6 Å². The van der Waals surface area contributed by atoms with E-state index in [0.29, 0.717) is 0 Å². The summed E-state index contributed by atoms with van der Waals surface area (Å²) in [5.41, 5.74) is 0. The molecule has 0 nitrogen and oxygen atoms in total. The van der Waals surface area contributed by atoms with Crippen LogP contribution in [0.2, 0.25) is 0 Å². The van der Waals surface area contributed by atoms with E-state index in [9.17, 15) is 0 Å². The van der Waals surface area contributed by atoms with E-state index in [1.165, 1.54) is 0 Å². The van der Waals surface area contributed by atoms with Gasteiger partial charge in [-0.15, -0.1) is 0 Å². The number of hydrogen-bond acceptors (Lipinski definition) is 0. The first-order valence-corrected chi connectivity index (χ1v) is 19.4. The van der Waals surface area contributed by atoms with Crippen LogP contribution < -0.4 is 0 Å². The molecule has 0 bridgehead atoms. The third-order valence-corrected chi connectivity index (χ3v) is 0. The summed E-state index contributed by atoms with van der Waals surface area (Å²) >= 11 is -4.47. The molecule has 0 saturated carbocycles. The van der Waals surface area contributed by atoms with Crippen LogP contribution in [0.25, 0.3) is 0 Å². The Morgan fingerprint density at radius 3 is 0.667 bits per heavy atom. The molecule has 0 rings (SSSR count). The summed E-state index contributed by atoms with van der Waals surface area (Å²) in [6.45, 7) is 0. The molecule has 0 radical (unpaired) electrons. The van der Waals surface area contributed by atoms with Crippen LogP contribution in [0.15, 0.2) is 0 Å². The fourth-order valence-corrected chi connectivity index (χ4v) is 0. The predicted molar refractivity (Wildman–Crippen MR) is 29.3 cm³/mol. The average molecular weight is 266 g/mol. The van der Waals surface area contributed by atoms with Gasteiger partial charge in [0.1, 0.15) is 0 Å². The van der Waals surface area contributed by atoms with Crippen LogP contribution in [0.5, 0.6) is 0 Å². The van der Waals surface area contributed by atoms with Crippen LogP contribution in [0, 0.1) is 0 Å². The Kier molecular flexibility index (Phi) is 2.94. The second kappa shape index (κ2) is 2.06. The molecule has 0 aromatic carbocycles. The molecule has 0 heterocycles. The topological polar surface area (TPSA) is 0 Å². The molecule has 0 aliphatic carbocycles. The monoisotopic (exact) mass is 264 g/mol. The zero-order valence-corrected chi connectivity index (χ0v) is 9.09. The summed E-state index contributed by atoms with van der Waals surface area (Å²) in [4.78, 5) is 0. The van der Waals surface area contributed by atoms with Crippen molar-refractivity contribution in [1.29, 1.82) is 0 Å². The molecule has 0 fully saturated rings. The number of hydrogen-bond donors (Lipinski definition) is 0. The molecule has 0 aliphatic heterocycles. The van der Waals surface area contributed by atoms with Gasteiger partial charge in [0.05, 0.1) is 0 Å². The van der Waals surface area contributed by atoms with Gasteiger partial charge in [0.2, 0.25) is 0 Å². The quantitative estimate of drug-likeness (QED) is 0.630. The molecular formula is Cl5Y. The Bertz CT molecular complexity index is 37.1. The van der Waals surface area contributed by atoms with Crippen molar-refractivity contribution in [2.45, 2.75) is 0 Å². The number of halogens is 5. The fraction of sp³-hybridized carbons (Fsp3) is 0. The molecular weight excluding hydrogens is 266 g/mol. The van der Waals surface area contributed by atoms with Crippen LogP contribution in [-0.2, 0) is 17.1 Å². The maximum atomic E-state index is 5.06. The van der Waals surface area contributed by atoms with Gasteiger partial charge in [0, 0.05) is 0 Å². The van der Waals surface area contributed by atoms with E-state index in [1.807, 2.05) is 0 Å². The molecule has 0 saturated heterocycles. The Labute approximate surface area is 52.5 Å². The van der Waals surface area contributed by atoms with Crippen molar-refractivity contribution >= 4 is 36.6 Å². The molecule has 0 amide bonds. The molecule has 38 valence electrons. The summed E-state index contributed by atoms with van der Waals surface area (Å²) < 4.78 is 0. The van der Waals surface area contributed by atoms with Crippen LogP contribution in [0.3, 0.4) is 0 Å². The summed E-state index contributed by atoms with van der Waals surface area (Å²) in [5.74, 6) is 0. The molecule has 0 unspecified atom stereocenters. The first kappa shape index (κ1) is 8.55. The molecule has 6 heavy (non-hydrogen) atoms. The number of rotatable bonds is 0. The summed E-state index contributed by atoms with van der Waals surface area (Å²) in [5, 5.41) is 0. The van der Waals surface area contributed by atoms with Gasteiger partial charge in [-0.05, 0) is 0 Å². The van der Waals surface area contributed by atoms with Crippen molar-refractivity contribution in [3.63, 3.8) is 0 Å². The third-order valence-electron chi connectivity index (χ3n) is 0. The average Bonchev–Trinajstić information content (AvgIpc) is 0.650. The van der Waals surface area contributed by atoms with Crippen molar-refractivity contribution in [3.8, 4) is 0 Å². The minimum atomic E-state index is -4.47. The second-order valence-electron chi connectivity index (χ2n) is 0.825. The van der Waals surface area contributed by atoms with E-state index in [2.05, 4.69) is 0 Å². The van der Waals surface area contributed by atoms with Crippen LogP contribution in [0.1, 0.15) is 0 Å². The van der Waals surface area contributed by atoms with E-state index >= 15 is 0 Å². The van der Waals surface area contributed by atoms with Crippen molar-refractivity contribution in [2.75, 3.05) is 0 Å². The third kappa shape index (κ3) is 31.0. The Morgan fingerprint density at radius 2 is 0.667 bits per heavy atom. The zero-order chi connectivity index (χ0) is 5.45. The van der Waals surface area contributed by atoms with Gasteiger partial charge >= 0.3 is 53.7 Å². The Morgan fingerprint density at radius 1 is 0.667 bits per heavy atom. The Hall–Kier alpha value is 2.55. The first-order chi connectivity index (χ1) is 2.24. The van der Waals surface area contributed by atoms with Crippen LogP contribution in [0.4, 0.5) is 0 Å². The minimum absolute atomic E-state index is 4.47. The summed E-state index contributed by atoms with van der Waals surface area (Å²) in [7, 11) is 25.3. The van der Waals surface area contributed by atoms with E-state index in [4.69, 9.17) is 36.6 Å². The van der Waals surface area contributed by atoms with E-state index in [-0.39, 0.29) is 0 Å². The van der Waals surface area contributed by atoms with Crippen molar-refractivity contribution in [1.82, 2.24) is 0 Å². The van der Waals surface area contributed by atoms with Gasteiger partial charge < -0.3 is 0 Å². The van der Waals surface area contributed by atoms with Gasteiger partial charge in [0.25, 0.3) is 0 Å². The fourth-order valence-electron chi connectivity index (χ4n) is 0. The van der Waals surface area contributed by atoms with E-state index in [1.54, 1.807) is 0 Å². The van der Waals surface area contributed by atoms with Gasteiger partial charge in [-0.3, -0.25) is 0 Å². The summed E-state index contributed by atoms with van der Waals surface area (Å²) in [6.07, 6.45) is 0. The van der Waals surface area contributed by atoms with Crippen molar-refractivity contribution < 1.29 is 17.1 Å². The predicted octanol–water partition coefficient (Wildman–Crippen LogP) is 3.44. The van der Waals surface area contributed by atoms with Crippen molar-refractivity contribution in [3.05, 3.63) is 0 Å². The molecule has 0 spiro atoms. The van der Waals surface area contributed by atoms with Gasteiger partial charge in [-0.2, -0.15) is 0 Å². The van der Waals surface area contributed by atoms with E-state index in [0.717, 1.165) is 0 Å². The molecule has 6 heteroatoms. The van der Waals surface area contributed by atoms with Gasteiger partial charge in [-0.25, -0.2) is 0 Å². The summed E-state index contributed by atoms with van der Waals surface area (Å²) in [6, 6.07) is 0. The van der Waals surface area contributed by atoms with Gasteiger partial charge in [-0.1, -0.05) is 0 Å². The molecule has 0 N–H and O–H groups in total. The van der Waals surface area contributed by atoms with E-state index < -0.39 is 17.1 Å². The van der Waals surface area contributed by atoms with Crippen LogP contribution in [-0.4, -0.2) is 0 Å². The normalized spacial score (nSPS) is 15.0. The first-order valence-electron chi connectivity index (χ1n) is 1.09. The molecule has 0 aliphatic rings.